The summed E-state index contributed by atoms with van der Waals surface area (Å²) in [5.41, 5.74) is -2.16. The minimum atomic E-state index is -3.60. The first-order chi connectivity index (χ1) is 16.9. The van der Waals surface area contributed by atoms with Crippen molar-refractivity contribution in [3.8, 4) is 0 Å². The van der Waals surface area contributed by atoms with E-state index >= 15 is 0 Å². The first kappa shape index (κ1) is 32.9. The van der Waals surface area contributed by atoms with Crippen molar-refractivity contribution in [1.82, 2.24) is 0 Å². The van der Waals surface area contributed by atoms with Crippen LogP contribution in [0, 0.1) is 0 Å². The Morgan fingerprint density at radius 1 is 0.800 bits per heavy atom. The van der Waals surface area contributed by atoms with Gasteiger partial charge in [0.2, 0.25) is 0 Å². The maximum Gasteiger partial charge on any atom is 0.567 e. The molecule has 1 saturated heterocycles. The molecule has 0 N–H and O–H groups in total. The van der Waals surface area contributed by atoms with E-state index in [0.717, 1.165) is 32.3 Å². The lowest BCUT2D eigenvalue weighted by molar-refractivity contribution is -0.316. The summed E-state index contributed by atoms with van der Waals surface area (Å²) in [5, 5.41) is 0. The molecule has 0 bridgehead atoms. The van der Waals surface area contributed by atoms with Crippen LogP contribution in [-0.2, 0) is 37.0 Å². The second kappa shape index (κ2) is 17.4. The van der Waals surface area contributed by atoms with E-state index < -0.39 is 19.8 Å². The zero-order chi connectivity index (χ0) is 26.2. The van der Waals surface area contributed by atoms with Gasteiger partial charge < -0.3 is 37.0 Å². The third-order valence-corrected chi connectivity index (χ3v) is 9.41. The molecule has 1 heterocycles. The Kier molecular flexibility index (Phi) is 16.4. The van der Waals surface area contributed by atoms with Gasteiger partial charge in [0.25, 0.3) is 5.41 Å². The van der Waals surface area contributed by atoms with E-state index in [0.29, 0.717) is 59.1 Å². The van der Waals surface area contributed by atoms with Crippen LogP contribution in [0.2, 0.25) is 0 Å². The zero-order valence-electron chi connectivity index (χ0n) is 23.8. The van der Waals surface area contributed by atoms with Crippen molar-refractivity contribution in [1.29, 1.82) is 0 Å². The predicted molar refractivity (Wildman–Crippen MR) is 140 cm³/mol. The molecule has 0 amide bonds. The molecule has 3 atom stereocenters. The number of hydrogen-bond acceptors (Lipinski definition) is 8. The van der Waals surface area contributed by atoms with Crippen LogP contribution in [0.3, 0.4) is 0 Å². The Hall–Kier alpha value is -0.103. The molecule has 0 aliphatic carbocycles. The molecule has 0 aromatic rings. The highest BCUT2D eigenvalue weighted by atomic mass is 28.4. The van der Waals surface area contributed by atoms with Gasteiger partial charge >= 0.3 is 8.80 Å². The molecule has 0 saturated carbocycles. The van der Waals surface area contributed by atoms with Gasteiger partial charge in [0.1, 0.15) is 11.7 Å². The zero-order valence-corrected chi connectivity index (χ0v) is 24.8. The van der Waals surface area contributed by atoms with E-state index in [2.05, 4.69) is 34.6 Å². The summed E-state index contributed by atoms with van der Waals surface area (Å²) < 4.78 is 51.2. The quantitative estimate of drug-likeness (QED) is 0.0962. The van der Waals surface area contributed by atoms with Crippen LogP contribution >= 0.6 is 0 Å². The molecule has 1 aliphatic heterocycles. The lowest BCUT2D eigenvalue weighted by Gasteiger charge is -2.54. The molecule has 0 radical (unpaired) electrons. The van der Waals surface area contributed by atoms with E-state index in [1.54, 1.807) is 0 Å². The Balaban J connectivity index is 3.56. The van der Waals surface area contributed by atoms with Gasteiger partial charge in [-0.1, -0.05) is 27.7 Å². The monoisotopic (exact) mass is 522 g/mol. The second-order valence-electron chi connectivity index (χ2n) is 9.00. The molecular weight excluding hydrogens is 468 g/mol. The summed E-state index contributed by atoms with van der Waals surface area (Å²) >= 11 is 0. The van der Waals surface area contributed by atoms with Crippen LogP contribution < -0.4 is 0 Å². The fourth-order valence-electron chi connectivity index (χ4n) is 4.36. The fraction of sp³-hybridized carbons (Fsp3) is 1.00. The largest absolute Gasteiger partial charge is 0.567 e. The van der Waals surface area contributed by atoms with Gasteiger partial charge in [-0.15, -0.1) is 0 Å². The summed E-state index contributed by atoms with van der Waals surface area (Å²) in [6.45, 7) is 20.6. The van der Waals surface area contributed by atoms with Gasteiger partial charge in [-0.25, -0.2) is 0 Å². The Bertz CT molecular complexity index is 506. The predicted octanol–water partition coefficient (Wildman–Crippen LogP) is 5.28. The van der Waals surface area contributed by atoms with Crippen molar-refractivity contribution in [2.45, 2.75) is 117 Å². The summed E-state index contributed by atoms with van der Waals surface area (Å²) in [6, 6.07) is 0. The highest BCUT2D eigenvalue weighted by Gasteiger charge is 2.74. The molecule has 35 heavy (non-hydrogen) atoms. The molecule has 1 rings (SSSR count). The van der Waals surface area contributed by atoms with Crippen LogP contribution in [0.25, 0.3) is 0 Å². The first-order valence-electron chi connectivity index (χ1n) is 14.0. The van der Waals surface area contributed by atoms with Crippen molar-refractivity contribution in [3.05, 3.63) is 0 Å². The highest BCUT2D eigenvalue weighted by Crippen LogP contribution is 2.46. The van der Waals surface area contributed by atoms with E-state index in [4.69, 9.17) is 37.0 Å². The Morgan fingerprint density at radius 3 is 1.66 bits per heavy atom. The SMILES string of the molecule is CCCO[Si](OCCC)(OCCC)C(OCC)(OCC)C(CC)(CCC(C)OCC1CO1)OCC. The van der Waals surface area contributed by atoms with Gasteiger partial charge in [0.15, 0.2) is 0 Å². The number of epoxide rings is 1. The molecule has 1 fully saturated rings. The molecule has 0 aromatic heterocycles. The van der Waals surface area contributed by atoms with Gasteiger partial charge in [0.05, 0.1) is 19.3 Å². The van der Waals surface area contributed by atoms with Gasteiger partial charge in [-0.05, 0) is 66.2 Å². The van der Waals surface area contributed by atoms with Crippen molar-refractivity contribution < 1.29 is 37.0 Å². The Morgan fingerprint density at radius 2 is 1.29 bits per heavy atom. The third kappa shape index (κ3) is 9.00. The summed E-state index contributed by atoms with van der Waals surface area (Å²) in [5.74, 6) is 0. The van der Waals surface area contributed by atoms with E-state index in [1.165, 1.54) is 0 Å². The second-order valence-corrected chi connectivity index (χ2v) is 11.6. The number of rotatable bonds is 24. The highest BCUT2D eigenvalue weighted by molar-refractivity contribution is 6.64. The minimum Gasteiger partial charge on any atom is -0.376 e. The van der Waals surface area contributed by atoms with Gasteiger partial charge in [-0.3, -0.25) is 0 Å². The molecule has 9 heteroatoms. The normalized spacial score (nSPS) is 19.0. The average molecular weight is 523 g/mol. The topological polar surface area (TPSA) is 77.1 Å². The van der Waals surface area contributed by atoms with Crippen LogP contribution in [0.1, 0.15) is 93.9 Å². The summed E-state index contributed by atoms with van der Waals surface area (Å²) in [6.07, 6.45) is 4.82. The standard InChI is InChI=1S/C26H54O8Si/c1-9-18-32-35(33-19-10-2,34-20-11-3)26(30-14-6,31-15-7)25(12-4,29-13-5)17-16-23(8)27-21-24-22-28-24/h23-24H,9-22H2,1-8H3. The first-order valence-corrected chi connectivity index (χ1v) is 15.7. The smallest absolute Gasteiger partial charge is 0.376 e. The van der Waals surface area contributed by atoms with Crippen molar-refractivity contribution in [3.63, 3.8) is 0 Å². The number of ether oxygens (including phenoxy) is 5. The van der Waals surface area contributed by atoms with Crippen molar-refractivity contribution in [2.75, 3.05) is 52.9 Å². The van der Waals surface area contributed by atoms with Crippen LogP contribution in [0.15, 0.2) is 0 Å². The van der Waals surface area contributed by atoms with Gasteiger partial charge in [0, 0.05) is 39.6 Å². The minimum absolute atomic E-state index is 0.0345. The maximum absolute atomic E-state index is 6.65. The average Bonchev–Trinajstić information content (AvgIpc) is 3.69. The molecule has 0 spiro atoms. The molecule has 3 unspecified atom stereocenters. The van der Waals surface area contributed by atoms with Crippen LogP contribution in [0.5, 0.6) is 0 Å². The van der Waals surface area contributed by atoms with Gasteiger partial charge in [-0.2, -0.15) is 0 Å². The van der Waals surface area contributed by atoms with Crippen molar-refractivity contribution >= 4 is 8.80 Å². The van der Waals surface area contributed by atoms with Crippen LogP contribution in [0.4, 0.5) is 0 Å². The number of hydrogen-bond donors (Lipinski definition) is 0. The van der Waals surface area contributed by atoms with Crippen molar-refractivity contribution in [2.24, 2.45) is 0 Å². The van der Waals surface area contributed by atoms with E-state index in [9.17, 15) is 0 Å². The van der Waals surface area contributed by atoms with E-state index in [-0.39, 0.29) is 12.2 Å². The molecule has 210 valence electrons. The van der Waals surface area contributed by atoms with E-state index in [1.807, 2.05) is 20.8 Å². The molecule has 1 aliphatic rings. The van der Waals surface area contributed by atoms with Crippen LogP contribution in [-0.4, -0.2) is 84.9 Å². The summed E-state index contributed by atoms with van der Waals surface area (Å²) in [4.78, 5) is 0. The lowest BCUT2D eigenvalue weighted by Crippen LogP contribution is -2.78. The maximum atomic E-state index is 6.65. The molecule has 8 nitrogen and oxygen atoms in total. The molecule has 0 aromatic carbocycles. The lowest BCUT2D eigenvalue weighted by atomic mass is 9.91. The summed E-state index contributed by atoms with van der Waals surface area (Å²) in [7, 11) is -3.60. The molecular formula is C26H54O8Si. The fourth-order valence-corrected chi connectivity index (χ4v) is 8.17. The Labute approximate surface area is 216 Å². The third-order valence-electron chi connectivity index (χ3n) is 6.10.